The molecule has 8 nitrogen and oxygen atoms in total. The van der Waals surface area contributed by atoms with E-state index in [0.29, 0.717) is 6.54 Å². The minimum Gasteiger partial charge on any atom is -0.486 e. The van der Waals surface area contributed by atoms with Crippen molar-refractivity contribution in [1.82, 2.24) is 20.2 Å². The van der Waals surface area contributed by atoms with Crippen molar-refractivity contribution in [2.24, 2.45) is 5.41 Å². The minimum atomic E-state index is -3.20. The average Bonchev–Trinajstić information content (AvgIpc) is 2.89. The van der Waals surface area contributed by atoms with Crippen LogP contribution >= 0.6 is 0 Å². The largest absolute Gasteiger partial charge is 0.486 e. The van der Waals surface area contributed by atoms with Crippen molar-refractivity contribution in [2.45, 2.75) is 116 Å². The molecule has 3 N–H and O–H groups in total. The molecule has 2 aromatic rings. The number of aromatic nitrogens is 2. The molecule has 1 unspecified atom stereocenters. The summed E-state index contributed by atoms with van der Waals surface area (Å²) in [6, 6.07) is 4.10. The minimum absolute atomic E-state index is 0.0137. The van der Waals surface area contributed by atoms with Crippen LogP contribution in [0.3, 0.4) is 0 Å². The molecule has 2 aliphatic rings. The van der Waals surface area contributed by atoms with Gasteiger partial charge in [0.25, 0.3) is 0 Å². The second-order valence-electron chi connectivity index (χ2n) is 14.5. The highest BCUT2D eigenvalue weighted by molar-refractivity contribution is 5.60. The number of anilines is 3. The van der Waals surface area contributed by atoms with Gasteiger partial charge in [0.15, 0.2) is 23.1 Å². The highest BCUT2D eigenvalue weighted by Crippen LogP contribution is 2.52. The van der Waals surface area contributed by atoms with Crippen molar-refractivity contribution < 1.29 is 31.4 Å². The maximum atomic E-state index is 15.7. The van der Waals surface area contributed by atoms with Gasteiger partial charge in [0, 0.05) is 35.4 Å². The topological polar surface area (TPSA) is 83.6 Å². The fourth-order valence-electron chi connectivity index (χ4n) is 7.28. The standard InChI is InChI=1S/C32H47F5N6O2/c1-28(2)15-20(16-29(3,4)43(28)9)40-25-21(33)17-39-27(42-25)41-19-10-11-22(23(14-19)45-26(34)35)44-24-12-13-38-18-32(24,30(5,6)36)31(7,8)37/h10-11,14,17,20,24,26,38H,12-13,15-16,18H2,1-9H3,(H2,39,40,41,42). The van der Waals surface area contributed by atoms with E-state index in [0.717, 1.165) is 19.0 Å². The number of nitrogens with zero attached hydrogens (tertiary/aromatic N) is 3. The third-order valence-corrected chi connectivity index (χ3v) is 9.74. The quantitative estimate of drug-likeness (QED) is 0.234. The van der Waals surface area contributed by atoms with Gasteiger partial charge in [-0.3, -0.25) is 4.90 Å². The van der Waals surface area contributed by atoms with Crippen LogP contribution in [0.1, 0.15) is 74.7 Å². The van der Waals surface area contributed by atoms with Crippen molar-refractivity contribution in [3.8, 4) is 11.5 Å². The van der Waals surface area contributed by atoms with Gasteiger partial charge in [0.05, 0.1) is 11.6 Å². The van der Waals surface area contributed by atoms with E-state index in [2.05, 4.69) is 65.6 Å². The Labute approximate surface area is 262 Å². The first-order valence-electron chi connectivity index (χ1n) is 15.3. The van der Waals surface area contributed by atoms with Crippen LogP contribution in [0.4, 0.5) is 39.4 Å². The summed E-state index contributed by atoms with van der Waals surface area (Å²) in [5, 5.41) is 9.20. The summed E-state index contributed by atoms with van der Waals surface area (Å²) >= 11 is 0. The number of piperidine rings is 2. The first kappa shape index (κ1) is 34.9. The van der Waals surface area contributed by atoms with E-state index in [1.807, 2.05) is 0 Å². The highest BCUT2D eigenvalue weighted by atomic mass is 19.3. The van der Waals surface area contributed by atoms with Crippen molar-refractivity contribution in [3.63, 3.8) is 0 Å². The summed E-state index contributed by atoms with van der Waals surface area (Å²) < 4.78 is 84.2. The van der Waals surface area contributed by atoms with Crippen LogP contribution in [-0.4, -0.2) is 76.2 Å². The van der Waals surface area contributed by atoms with Crippen LogP contribution in [-0.2, 0) is 0 Å². The van der Waals surface area contributed by atoms with Crippen LogP contribution in [0.25, 0.3) is 0 Å². The molecule has 0 bridgehead atoms. The molecule has 0 spiro atoms. The zero-order valence-corrected chi connectivity index (χ0v) is 27.6. The predicted octanol–water partition coefficient (Wildman–Crippen LogP) is 7.25. The van der Waals surface area contributed by atoms with Gasteiger partial charge in [0.2, 0.25) is 5.95 Å². The van der Waals surface area contributed by atoms with Gasteiger partial charge in [-0.2, -0.15) is 13.8 Å². The lowest BCUT2D eigenvalue weighted by Gasteiger charge is -2.54. The van der Waals surface area contributed by atoms with E-state index in [1.165, 1.54) is 45.9 Å². The molecule has 1 atom stereocenters. The van der Waals surface area contributed by atoms with E-state index < -0.39 is 35.3 Å². The monoisotopic (exact) mass is 642 g/mol. The number of rotatable bonds is 10. The number of hydrogen-bond donors (Lipinski definition) is 3. The van der Waals surface area contributed by atoms with Gasteiger partial charge >= 0.3 is 6.61 Å². The zero-order chi connectivity index (χ0) is 33.6. The zero-order valence-electron chi connectivity index (χ0n) is 27.6. The Balaban J connectivity index is 1.59. The molecule has 252 valence electrons. The average molecular weight is 643 g/mol. The molecule has 2 saturated heterocycles. The second-order valence-corrected chi connectivity index (χ2v) is 14.5. The van der Waals surface area contributed by atoms with Crippen LogP contribution in [0, 0.1) is 11.2 Å². The molecule has 0 saturated carbocycles. The van der Waals surface area contributed by atoms with Crippen molar-refractivity contribution in [2.75, 3.05) is 30.8 Å². The Kier molecular flexibility index (Phi) is 9.59. The Morgan fingerprint density at radius 2 is 1.64 bits per heavy atom. The normalized spacial score (nSPS) is 22.2. The third-order valence-electron chi connectivity index (χ3n) is 9.74. The van der Waals surface area contributed by atoms with E-state index in [4.69, 9.17) is 9.47 Å². The molecule has 2 aliphatic heterocycles. The number of nitrogens with one attached hydrogen (secondary N) is 3. The molecule has 2 fully saturated rings. The fourth-order valence-corrected chi connectivity index (χ4v) is 7.28. The molecule has 4 rings (SSSR count). The van der Waals surface area contributed by atoms with Crippen LogP contribution < -0.4 is 25.4 Å². The van der Waals surface area contributed by atoms with Gasteiger partial charge in [-0.05, 0) is 100 Å². The van der Waals surface area contributed by atoms with E-state index in [9.17, 15) is 13.2 Å². The fraction of sp³-hybridized carbons (Fsp3) is 0.688. The molecule has 0 radical (unpaired) electrons. The maximum absolute atomic E-state index is 15.7. The molecule has 3 heterocycles. The maximum Gasteiger partial charge on any atom is 0.387 e. The smallest absolute Gasteiger partial charge is 0.387 e. The number of benzene rings is 1. The summed E-state index contributed by atoms with van der Waals surface area (Å²) in [6.07, 6.45) is 1.78. The van der Waals surface area contributed by atoms with Crippen LogP contribution in [0.15, 0.2) is 24.4 Å². The Bertz CT molecular complexity index is 1310. The van der Waals surface area contributed by atoms with Gasteiger partial charge in [-0.1, -0.05) is 0 Å². The summed E-state index contributed by atoms with van der Waals surface area (Å²) in [5.74, 6) is -1.02. The molecule has 0 aliphatic carbocycles. The number of halogens is 5. The van der Waals surface area contributed by atoms with E-state index in [-0.39, 0.29) is 59.0 Å². The Morgan fingerprint density at radius 3 is 2.22 bits per heavy atom. The van der Waals surface area contributed by atoms with Crippen molar-refractivity contribution in [1.29, 1.82) is 0 Å². The van der Waals surface area contributed by atoms with Gasteiger partial charge in [0.1, 0.15) is 17.4 Å². The molecule has 1 aromatic carbocycles. The van der Waals surface area contributed by atoms with Crippen LogP contribution in [0.5, 0.6) is 11.5 Å². The Morgan fingerprint density at radius 1 is 1.02 bits per heavy atom. The van der Waals surface area contributed by atoms with Gasteiger partial charge < -0.3 is 25.4 Å². The number of hydrogen-bond acceptors (Lipinski definition) is 8. The SMILES string of the molecule is CN1C(C)(C)CC(Nc2nc(Nc3ccc(OC4CCNCC4(C(C)(C)F)C(C)(C)F)c(OC(F)F)c3)ncc2F)CC1(C)C. The first-order valence-corrected chi connectivity index (χ1v) is 15.3. The summed E-state index contributed by atoms with van der Waals surface area (Å²) in [5.41, 5.74) is -5.71. The summed E-state index contributed by atoms with van der Waals surface area (Å²) in [6.45, 7) is 10.9. The Hall–Kier alpha value is -2.93. The van der Waals surface area contributed by atoms with E-state index >= 15 is 8.78 Å². The number of likely N-dealkylation sites (tertiary alicyclic amines) is 1. The molecule has 1 aromatic heterocycles. The lowest BCUT2D eigenvalue weighted by molar-refractivity contribution is -0.161. The highest BCUT2D eigenvalue weighted by Gasteiger charge is 2.63. The van der Waals surface area contributed by atoms with Gasteiger partial charge in [-0.25, -0.2) is 18.2 Å². The first-order chi connectivity index (χ1) is 20.7. The predicted molar refractivity (Wildman–Crippen MR) is 166 cm³/mol. The lowest BCUT2D eigenvalue weighted by atomic mass is 9.60. The van der Waals surface area contributed by atoms with Crippen molar-refractivity contribution in [3.05, 3.63) is 30.2 Å². The molecule has 45 heavy (non-hydrogen) atoms. The van der Waals surface area contributed by atoms with E-state index in [1.54, 1.807) is 0 Å². The summed E-state index contributed by atoms with van der Waals surface area (Å²) in [7, 11) is 2.08. The van der Waals surface area contributed by atoms with Crippen LogP contribution in [0.2, 0.25) is 0 Å². The molecule has 13 heteroatoms. The van der Waals surface area contributed by atoms with Crippen molar-refractivity contribution >= 4 is 17.5 Å². The third kappa shape index (κ3) is 7.24. The lowest BCUT2D eigenvalue weighted by Crippen LogP contribution is -2.68. The second kappa shape index (κ2) is 12.4. The number of ether oxygens (including phenoxy) is 2. The number of alkyl halides is 4. The molecular weight excluding hydrogens is 595 g/mol. The molecule has 0 amide bonds. The summed E-state index contributed by atoms with van der Waals surface area (Å²) in [4.78, 5) is 10.7. The molecular formula is C32H47F5N6O2. The van der Waals surface area contributed by atoms with Gasteiger partial charge in [-0.15, -0.1) is 0 Å².